The first-order valence-electron chi connectivity index (χ1n) is 6.44. The molecule has 0 aromatic heterocycles. The van der Waals surface area contributed by atoms with Gasteiger partial charge in [0.25, 0.3) is 0 Å². The van der Waals surface area contributed by atoms with Crippen LogP contribution >= 0.6 is 0 Å². The smallest absolute Gasteiger partial charge is 0.249 e. The van der Waals surface area contributed by atoms with Crippen molar-refractivity contribution in [1.29, 1.82) is 0 Å². The summed E-state index contributed by atoms with van der Waals surface area (Å²) in [7, 11) is 4.10. The lowest BCUT2D eigenvalue weighted by Gasteiger charge is -2.36. The third-order valence-corrected chi connectivity index (χ3v) is 4.08. The zero-order valence-electron chi connectivity index (χ0n) is 11.1. The number of carbonyl (C=O) groups is 1. The molecule has 2 heterocycles. The van der Waals surface area contributed by atoms with Crippen molar-refractivity contribution in [2.24, 2.45) is 0 Å². The topological polar surface area (TPSA) is 35.6 Å². The lowest BCUT2D eigenvalue weighted by Crippen LogP contribution is -2.46. The van der Waals surface area contributed by atoms with Gasteiger partial charge in [-0.15, -0.1) is 0 Å². The molecule has 0 bridgehead atoms. The number of likely N-dealkylation sites (tertiary alicyclic amines) is 1. The number of carbonyl (C=O) groups excluding carboxylic acids is 1. The summed E-state index contributed by atoms with van der Waals surface area (Å²) in [6.07, 6.45) is 2.19. The second-order valence-corrected chi connectivity index (χ2v) is 5.28. The van der Waals surface area contributed by atoms with Crippen LogP contribution in [0.3, 0.4) is 0 Å². The van der Waals surface area contributed by atoms with E-state index in [1.807, 2.05) is 18.9 Å². The van der Waals surface area contributed by atoms with Crippen LogP contribution < -0.4 is 5.32 Å². The molecule has 1 N–H and O–H groups in total. The molecule has 0 unspecified atom stereocenters. The van der Waals surface area contributed by atoms with Gasteiger partial charge in [-0.05, 0) is 45.5 Å². The second-order valence-electron chi connectivity index (χ2n) is 5.28. The molecular weight excluding hydrogens is 214 g/mol. The highest BCUT2D eigenvalue weighted by molar-refractivity contribution is 5.94. The zero-order chi connectivity index (χ0) is 12.4. The SMILES string of the molecule is CC(C(=O)N(C)C1CCN(C)CC1)=C1CNC1. The molecule has 2 fully saturated rings. The van der Waals surface area contributed by atoms with Crippen molar-refractivity contribution in [3.05, 3.63) is 11.1 Å². The first kappa shape index (κ1) is 12.6. The van der Waals surface area contributed by atoms with Gasteiger partial charge in [0.1, 0.15) is 0 Å². The summed E-state index contributed by atoms with van der Waals surface area (Å²) in [4.78, 5) is 16.6. The summed E-state index contributed by atoms with van der Waals surface area (Å²) in [5.41, 5.74) is 2.22. The van der Waals surface area contributed by atoms with Crippen LogP contribution in [0.2, 0.25) is 0 Å². The zero-order valence-corrected chi connectivity index (χ0v) is 11.1. The molecule has 96 valence electrons. The van der Waals surface area contributed by atoms with Crippen molar-refractivity contribution in [3.63, 3.8) is 0 Å². The number of hydrogen-bond donors (Lipinski definition) is 1. The highest BCUT2D eigenvalue weighted by atomic mass is 16.2. The Morgan fingerprint density at radius 1 is 1.35 bits per heavy atom. The monoisotopic (exact) mass is 237 g/mol. The van der Waals surface area contributed by atoms with Crippen molar-refractivity contribution in [1.82, 2.24) is 15.1 Å². The normalized spacial score (nSPS) is 22.2. The highest BCUT2D eigenvalue weighted by Crippen LogP contribution is 2.18. The van der Waals surface area contributed by atoms with E-state index in [0.717, 1.165) is 44.6 Å². The van der Waals surface area contributed by atoms with E-state index in [-0.39, 0.29) is 5.91 Å². The van der Waals surface area contributed by atoms with Gasteiger partial charge in [0.2, 0.25) is 5.91 Å². The van der Waals surface area contributed by atoms with Crippen LogP contribution in [0.1, 0.15) is 19.8 Å². The van der Waals surface area contributed by atoms with Gasteiger partial charge in [0, 0.05) is 31.8 Å². The quantitative estimate of drug-likeness (QED) is 0.709. The number of hydrogen-bond acceptors (Lipinski definition) is 3. The van der Waals surface area contributed by atoms with E-state index in [0.29, 0.717) is 6.04 Å². The van der Waals surface area contributed by atoms with Gasteiger partial charge >= 0.3 is 0 Å². The summed E-state index contributed by atoms with van der Waals surface area (Å²) in [5.74, 6) is 0.219. The van der Waals surface area contributed by atoms with E-state index in [9.17, 15) is 4.79 Å². The fourth-order valence-corrected chi connectivity index (χ4v) is 2.48. The third kappa shape index (κ3) is 2.69. The largest absolute Gasteiger partial charge is 0.339 e. The third-order valence-electron chi connectivity index (χ3n) is 4.08. The molecule has 2 saturated heterocycles. The average Bonchev–Trinajstić information content (AvgIpc) is 2.25. The second kappa shape index (κ2) is 5.19. The Balaban J connectivity index is 1.95. The summed E-state index contributed by atoms with van der Waals surface area (Å²) < 4.78 is 0. The summed E-state index contributed by atoms with van der Waals surface area (Å²) >= 11 is 0. The summed E-state index contributed by atoms with van der Waals surface area (Å²) in [6, 6.07) is 0.419. The minimum absolute atomic E-state index is 0.219. The van der Waals surface area contributed by atoms with Crippen LogP contribution in [0.5, 0.6) is 0 Å². The first-order chi connectivity index (χ1) is 8.09. The van der Waals surface area contributed by atoms with Crippen molar-refractivity contribution in [2.45, 2.75) is 25.8 Å². The Hall–Kier alpha value is -0.870. The maximum absolute atomic E-state index is 12.3. The van der Waals surface area contributed by atoms with Crippen molar-refractivity contribution < 1.29 is 4.79 Å². The number of nitrogens with zero attached hydrogens (tertiary/aromatic N) is 2. The summed E-state index contributed by atoms with van der Waals surface area (Å²) in [6.45, 7) is 5.93. The molecule has 1 amide bonds. The number of nitrogens with one attached hydrogen (secondary N) is 1. The molecule has 0 aromatic carbocycles. The number of amides is 1. The van der Waals surface area contributed by atoms with Gasteiger partial charge in [-0.1, -0.05) is 0 Å². The van der Waals surface area contributed by atoms with Crippen molar-refractivity contribution in [3.8, 4) is 0 Å². The van der Waals surface area contributed by atoms with Crippen molar-refractivity contribution in [2.75, 3.05) is 40.3 Å². The van der Waals surface area contributed by atoms with Crippen LogP contribution in [0.4, 0.5) is 0 Å². The number of rotatable bonds is 2. The molecule has 0 spiro atoms. The van der Waals surface area contributed by atoms with Gasteiger partial charge in [0.05, 0.1) is 0 Å². The molecule has 0 saturated carbocycles. The van der Waals surface area contributed by atoms with Gasteiger partial charge in [-0.2, -0.15) is 0 Å². The maximum atomic E-state index is 12.3. The molecule has 2 rings (SSSR count). The Bertz CT molecular complexity index is 324. The molecular formula is C13H23N3O. The van der Waals surface area contributed by atoms with E-state index in [4.69, 9.17) is 0 Å². The van der Waals surface area contributed by atoms with E-state index < -0.39 is 0 Å². The fourth-order valence-electron chi connectivity index (χ4n) is 2.48. The van der Waals surface area contributed by atoms with Crippen LogP contribution in [-0.2, 0) is 4.79 Å². The minimum Gasteiger partial charge on any atom is -0.339 e. The molecule has 0 atom stereocenters. The molecule has 4 nitrogen and oxygen atoms in total. The number of likely N-dealkylation sites (N-methyl/N-ethyl adjacent to an activating group) is 1. The predicted octanol–water partition coefficient (Wildman–Crippen LogP) is 0.459. The molecule has 0 radical (unpaired) electrons. The predicted molar refractivity (Wildman–Crippen MR) is 68.9 cm³/mol. The van der Waals surface area contributed by atoms with E-state index in [2.05, 4.69) is 17.3 Å². The Morgan fingerprint density at radius 3 is 2.41 bits per heavy atom. The Morgan fingerprint density at radius 2 is 1.94 bits per heavy atom. The van der Waals surface area contributed by atoms with Crippen molar-refractivity contribution >= 4 is 5.91 Å². The molecule has 0 aromatic rings. The molecule has 0 aliphatic carbocycles. The highest BCUT2D eigenvalue weighted by Gasteiger charge is 2.26. The lowest BCUT2D eigenvalue weighted by atomic mass is 10.00. The Labute approximate surface area is 104 Å². The van der Waals surface area contributed by atoms with Gasteiger partial charge in [-0.3, -0.25) is 4.79 Å². The van der Waals surface area contributed by atoms with E-state index >= 15 is 0 Å². The Kier molecular flexibility index (Phi) is 3.84. The lowest BCUT2D eigenvalue weighted by molar-refractivity contribution is -0.128. The maximum Gasteiger partial charge on any atom is 0.249 e. The number of piperidine rings is 1. The van der Waals surface area contributed by atoms with Crippen LogP contribution in [-0.4, -0.2) is 62.0 Å². The van der Waals surface area contributed by atoms with Crippen LogP contribution in [0.15, 0.2) is 11.1 Å². The average molecular weight is 237 g/mol. The molecule has 17 heavy (non-hydrogen) atoms. The van der Waals surface area contributed by atoms with Gasteiger partial charge in [-0.25, -0.2) is 0 Å². The standard InChI is InChI=1S/C13H23N3O/c1-10(11-8-14-9-11)13(17)16(3)12-4-6-15(2)7-5-12/h12,14H,4-9H2,1-3H3. The van der Waals surface area contributed by atoms with E-state index in [1.54, 1.807) is 0 Å². The minimum atomic E-state index is 0.219. The van der Waals surface area contributed by atoms with Gasteiger partial charge in [0.15, 0.2) is 0 Å². The van der Waals surface area contributed by atoms with E-state index in [1.165, 1.54) is 5.57 Å². The molecule has 2 aliphatic rings. The molecule has 2 aliphatic heterocycles. The molecule has 4 heteroatoms. The summed E-state index contributed by atoms with van der Waals surface area (Å²) in [5, 5.41) is 3.19. The van der Waals surface area contributed by atoms with Gasteiger partial charge < -0.3 is 15.1 Å². The van der Waals surface area contributed by atoms with Crippen LogP contribution in [0, 0.1) is 0 Å². The fraction of sp³-hybridized carbons (Fsp3) is 0.769. The van der Waals surface area contributed by atoms with Crippen LogP contribution in [0.25, 0.3) is 0 Å². The first-order valence-corrected chi connectivity index (χ1v) is 6.44.